The standard InChI is InChI=1S/C14H13N3O/c18-14-16-10-13(11-6-8-15-9-7-11)17(14)12-4-2-1-3-5-12/h1-9,13H,10H2,(H,16,18). The van der Waals surface area contributed by atoms with E-state index in [1.807, 2.05) is 42.5 Å². The number of hydrogen-bond donors (Lipinski definition) is 1. The predicted octanol–water partition coefficient (Wildman–Crippen LogP) is 2.35. The molecule has 2 heterocycles. The van der Waals surface area contributed by atoms with Gasteiger partial charge < -0.3 is 5.32 Å². The molecule has 0 spiro atoms. The second kappa shape index (κ2) is 4.49. The lowest BCUT2D eigenvalue weighted by molar-refractivity contribution is 0.251. The second-order valence-electron chi connectivity index (χ2n) is 4.19. The van der Waals surface area contributed by atoms with Gasteiger partial charge in [-0.2, -0.15) is 0 Å². The fraction of sp³-hybridized carbons (Fsp3) is 0.143. The molecule has 0 radical (unpaired) electrons. The van der Waals surface area contributed by atoms with Crippen LogP contribution in [0.3, 0.4) is 0 Å². The van der Waals surface area contributed by atoms with Gasteiger partial charge in [-0.25, -0.2) is 4.79 Å². The molecule has 1 fully saturated rings. The number of pyridine rings is 1. The summed E-state index contributed by atoms with van der Waals surface area (Å²) in [5.74, 6) is 0. The van der Waals surface area contributed by atoms with Gasteiger partial charge in [-0.05, 0) is 29.8 Å². The largest absolute Gasteiger partial charge is 0.335 e. The minimum atomic E-state index is -0.0528. The lowest BCUT2D eigenvalue weighted by atomic mass is 10.1. The number of amides is 2. The van der Waals surface area contributed by atoms with Crippen molar-refractivity contribution in [2.45, 2.75) is 6.04 Å². The Hall–Kier alpha value is -2.36. The van der Waals surface area contributed by atoms with E-state index in [4.69, 9.17) is 0 Å². The van der Waals surface area contributed by atoms with Gasteiger partial charge in [0.1, 0.15) is 0 Å². The minimum absolute atomic E-state index is 0.0305. The summed E-state index contributed by atoms with van der Waals surface area (Å²) < 4.78 is 0. The smallest absolute Gasteiger partial charge is 0.322 e. The number of anilines is 1. The van der Waals surface area contributed by atoms with Crippen LogP contribution in [0.5, 0.6) is 0 Å². The fourth-order valence-electron chi connectivity index (χ4n) is 2.24. The number of nitrogens with zero attached hydrogens (tertiary/aromatic N) is 2. The van der Waals surface area contributed by atoms with Crippen molar-refractivity contribution in [3.8, 4) is 0 Å². The zero-order valence-electron chi connectivity index (χ0n) is 9.78. The third-order valence-electron chi connectivity index (χ3n) is 3.10. The van der Waals surface area contributed by atoms with Crippen LogP contribution in [-0.2, 0) is 0 Å². The van der Waals surface area contributed by atoms with Crippen molar-refractivity contribution in [3.05, 3.63) is 60.4 Å². The highest BCUT2D eigenvalue weighted by Crippen LogP contribution is 2.29. The van der Waals surface area contributed by atoms with Gasteiger partial charge in [-0.1, -0.05) is 18.2 Å². The van der Waals surface area contributed by atoms with E-state index >= 15 is 0 Å². The number of rotatable bonds is 2. The maximum absolute atomic E-state index is 12.0. The summed E-state index contributed by atoms with van der Waals surface area (Å²) >= 11 is 0. The Morgan fingerprint density at radius 1 is 1.11 bits per heavy atom. The number of urea groups is 1. The van der Waals surface area contributed by atoms with E-state index in [1.165, 1.54) is 0 Å². The van der Waals surface area contributed by atoms with E-state index < -0.39 is 0 Å². The highest BCUT2D eigenvalue weighted by Gasteiger charge is 2.32. The van der Waals surface area contributed by atoms with Crippen molar-refractivity contribution in [1.29, 1.82) is 0 Å². The molecule has 1 saturated heterocycles. The van der Waals surface area contributed by atoms with E-state index in [0.29, 0.717) is 6.54 Å². The zero-order valence-corrected chi connectivity index (χ0v) is 9.78. The normalized spacial score (nSPS) is 18.8. The van der Waals surface area contributed by atoms with Gasteiger partial charge in [0.25, 0.3) is 0 Å². The summed E-state index contributed by atoms with van der Waals surface area (Å²) in [6.07, 6.45) is 3.50. The molecular formula is C14H13N3O. The molecule has 1 atom stereocenters. The van der Waals surface area contributed by atoms with E-state index in [1.54, 1.807) is 17.3 Å². The zero-order chi connectivity index (χ0) is 12.4. The van der Waals surface area contributed by atoms with Crippen molar-refractivity contribution in [2.24, 2.45) is 0 Å². The van der Waals surface area contributed by atoms with E-state index in [2.05, 4.69) is 10.3 Å². The van der Waals surface area contributed by atoms with Gasteiger partial charge in [0, 0.05) is 24.6 Å². The first-order chi connectivity index (χ1) is 8.86. The van der Waals surface area contributed by atoms with Crippen LogP contribution < -0.4 is 10.2 Å². The topological polar surface area (TPSA) is 45.2 Å². The van der Waals surface area contributed by atoms with Crippen molar-refractivity contribution in [1.82, 2.24) is 10.3 Å². The first kappa shape index (κ1) is 10.8. The Kier molecular flexibility index (Phi) is 2.68. The van der Waals surface area contributed by atoms with Gasteiger partial charge in [0.2, 0.25) is 0 Å². The Morgan fingerprint density at radius 3 is 2.56 bits per heavy atom. The molecule has 0 aliphatic carbocycles. The van der Waals surface area contributed by atoms with Crippen LogP contribution in [-0.4, -0.2) is 17.6 Å². The third kappa shape index (κ3) is 1.82. The third-order valence-corrected chi connectivity index (χ3v) is 3.10. The van der Waals surface area contributed by atoms with E-state index in [-0.39, 0.29) is 12.1 Å². The molecule has 3 rings (SSSR count). The number of carbonyl (C=O) groups excluding carboxylic acids is 1. The average molecular weight is 239 g/mol. The quantitative estimate of drug-likeness (QED) is 0.874. The van der Waals surface area contributed by atoms with Gasteiger partial charge in [-0.15, -0.1) is 0 Å². The summed E-state index contributed by atoms with van der Waals surface area (Å²) in [6.45, 7) is 0.623. The highest BCUT2D eigenvalue weighted by molar-refractivity contribution is 5.95. The monoisotopic (exact) mass is 239 g/mol. The molecule has 1 aliphatic heterocycles. The first-order valence-electron chi connectivity index (χ1n) is 5.88. The molecule has 90 valence electrons. The Morgan fingerprint density at radius 2 is 1.83 bits per heavy atom. The number of hydrogen-bond acceptors (Lipinski definition) is 2. The van der Waals surface area contributed by atoms with Crippen molar-refractivity contribution < 1.29 is 4.79 Å². The SMILES string of the molecule is O=C1NCC(c2ccncc2)N1c1ccccc1. The fourth-order valence-corrected chi connectivity index (χ4v) is 2.24. The molecule has 18 heavy (non-hydrogen) atoms. The lowest BCUT2D eigenvalue weighted by Crippen LogP contribution is -2.29. The number of carbonyl (C=O) groups is 1. The molecule has 1 aromatic heterocycles. The molecular weight excluding hydrogens is 226 g/mol. The molecule has 2 aromatic rings. The van der Waals surface area contributed by atoms with Crippen molar-refractivity contribution in [3.63, 3.8) is 0 Å². The van der Waals surface area contributed by atoms with E-state index in [0.717, 1.165) is 11.3 Å². The predicted molar refractivity (Wildman–Crippen MR) is 69.3 cm³/mol. The Labute approximate surface area is 105 Å². The van der Waals surface area contributed by atoms with Crippen LogP contribution in [0.25, 0.3) is 0 Å². The van der Waals surface area contributed by atoms with Crippen LogP contribution >= 0.6 is 0 Å². The maximum Gasteiger partial charge on any atom is 0.322 e. The molecule has 4 heteroatoms. The molecule has 1 unspecified atom stereocenters. The molecule has 1 aliphatic rings. The summed E-state index contributed by atoms with van der Waals surface area (Å²) in [7, 11) is 0. The summed E-state index contributed by atoms with van der Waals surface area (Å²) in [4.78, 5) is 17.8. The summed E-state index contributed by atoms with van der Waals surface area (Å²) in [5.41, 5.74) is 2.00. The van der Waals surface area contributed by atoms with Crippen LogP contribution in [0.2, 0.25) is 0 Å². The molecule has 0 bridgehead atoms. The van der Waals surface area contributed by atoms with Crippen molar-refractivity contribution in [2.75, 3.05) is 11.4 Å². The van der Waals surface area contributed by atoms with Crippen LogP contribution in [0.4, 0.5) is 10.5 Å². The van der Waals surface area contributed by atoms with Gasteiger partial charge in [-0.3, -0.25) is 9.88 Å². The molecule has 0 saturated carbocycles. The van der Waals surface area contributed by atoms with Gasteiger partial charge >= 0.3 is 6.03 Å². The van der Waals surface area contributed by atoms with Crippen LogP contribution in [0.15, 0.2) is 54.9 Å². The van der Waals surface area contributed by atoms with Crippen molar-refractivity contribution >= 4 is 11.7 Å². The van der Waals surface area contributed by atoms with Crippen LogP contribution in [0.1, 0.15) is 11.6 Å². The summed E-state index contributed by atoms with van der Waals surface area (Å²) in [6, 6.07) is 13.6. The van der Waals surface area contributed by atoms with Gasteiger partial charge in [0.15, 0.2) is 0 Å². The average Bonchev–Trinajstić information content (AvgIpc) is 2.83. The van der Waals surface area contributed by atoms with E-state index in [9.17, 15) is 4.79 Å². The molecule has 4 nitrogen and oxygen atoms in total. The Balaban J connectivity index is 1.98. The highest BCUT2D eigenvalue weighted by atomic mass is 16.2. The lowest BCUT2D eigenvalue weighted by Gasteiger charge is -2.23. The second-order valence-corrected chi connectivity index (χ2v) is 4.19. The minimum Gasteiger partial charge on any atom is -0.335 e. The maximum atomic E-state index is 12.0. The first-order valence-corrected chi connectivity index (χ1v) is 5.88. The number of para-hydroxylation sites is 1. The molecule has 2 amide bonds. The van der Waals surface area contributed by atoms with Crippen LogP contribution in [0, 0.1) is 0 Å². The molecule has 1 N–H and O–H groups in total. The van der Waals surface area contributed by atoms with Gasteiger partial charge in [0.05, 0.1) is 6.04 Å². The molecule has 1 aromatic carbocycles. The number of benzene rings is 1. The summed E-state index contributed by atoms with van der Waals surface area (Å²) in [5, 5.41) is 2.88. The number of aromatic nitrogens is 1. The Bertz CT molecular complexity index is 541. The number of nitrogens with one attached hydrogen (secondary N) is 1.